The van der Waals surface area contributed by atoms with Crippen LogP contribution in [0.2, 0.25) is 0 Å². The molecule has 1 heteroatoms. The van der Waals surface area contributed by atoms with Gasteiger partial charge in [-0.3, -0.25) is 0 Å². The van der Waals surface area contributed by atoms with E-state index in [9.17, 15) is 0 Å². The molecule has 0 fully saturated rings. The minimum Gasteiger partial charge on any atom is -0.327 e. The highest BCUT2D eigenvalue weighted by Gasteiger charge is 1.82. The number of unbranched alkanes of at least 4 members (excludes halogenated alkanes) is 4. The van der Waals surface area contributed by atoms with Gasteiger partial charge in [-0.05, 0) is 12.8 Å². The van der Waals surface area contributed by atoms with Crippen molar-refractivity contribution in [3.05, 3.63) is 12.2 Å². The Morgan fingerprint density at radius 3 is 2.50 bits per heavy atom. The second kappa shape index (κ2) is 8.70. The van der Waals surface area contributed by atoms with Gasteiger partial charge in [-0.15, -0.1) is 0 Å². The summed E-state index contributed by atoms with van der Waals surface area (Å²) in [5, 5.41) is 0. The molecular weight excluding hydrogens is 122 g/mol. The average molecular weight is 141 g/mol. The summed E-state index contributed by atoms with van der Waals surface area (Å²) < 4.78 is 0. The van der Waals surface area contributed by atoms with Crippen molar-refractivity contribution in [3.8, 4) is 0 Å². The van der Waals surface area contributed by atoms with Gasteiger partial charge in [0.25, 0.3) is 0 Å². The van der Waals surface area contributed by atoms with Crippen molar-refractivity contribution >= 4 is 0 Å². The van der Waals surface area contributed by atoms with Gasteiger partial charge >= 0.3 is 0 Å². The molecule has 0 spiro atoms. The van der Waals surface area contributed by atoms with E-state index in [0.717, 1.165) is 0 Å². The molecule has 0 rings (SSSR count). The quantitative estimate of drug-likeness (QED) is 0.446. The number of hydrogen-bond donors (Lipinski definition) is 1. The Kier molecular flexibility index (Phi) is 8.44. The van der Waals surface area contributed by atoms with Crippen LogP contribution in [0.3, 0.4) is 0 Å². The lowest BCUT2D eigenvalue weighted by molar-refractivity contribution is 0.674. The van der Waals surface area contributed by atoms with Crippen molar-refractivity contribution in [1.29, 1.82) is 0 Å². The van der Waals surface area contributed by atoms with Gasteiger partial charge in [0.05, 0.1) is 0 Å². The Balaban J connectivity index is 2.83. The van der Waals surface area contributed by atoms with Gasteiger partial charge in [0.2, 0.25) is 0 Å². The zero-order chi connectivity index (χ0) is 7.66. The Labute approximate surface area is 64.3 Å². The lowest BCUT2D eigenvalue weighted by Gasteiger charge is -1.93. The fourth-order valence-corrected chi connectivity index (χ4v) is 0.903. The molecule has 1 nitrogen and oxygen atoms in total. The summed E-state index contributed by atoms with van der Waals surface area (Å²) in [5.74, 6) is 0. The molecule has 0 saturated carbocycles. The first-order valence-corrected chi connectivity index (χ1v) is 4.27. The largest absolute Gasteiger partial charge is 0.327 e. The maximum absolute atomic E-state index is 5.28. The molecule has 0 atom stereocenters. The van der Waals surface area contributed by atoms with Crippen molar-refractivity contribution in [2.24, 2.45) is 5.73 Å². The smallest absolute Gasteiger partial charge is 0.0106 e. The third kappa shape index (κ3) is 7.70. The Hall–Kier alpha value is -0.300. The fraction of sp³-hybridized carbons (Fsp3) is 0.778. The molecule has 0 aromatic heterocycles. The van der Waals surface area contributed by atoms with E-state index < -0.39 is 0 Å². The SMILES string of the molecule is CCCCCCC=CCN. The maximum Gasteiger partial charge on any atom is 0.0106 e. The Bertz CT molecular complexity index is 76.8. The molecule has 0 saturated heterocycles. The summed E-state index contributed by atoms with van der Waals surface area (Å²) >= 11 is 0. The zero-order valence-electron chi connectivity index (χ0n) is 6.97. The third-order valence-corrected chi connectivity index (χ3v) is 1.53. The molecule has 2 N–H and O–H groups in total. The minimum absolute atomic E-state index is 0.688. The van der Waals surface area contributed by atoms with Crippen LogP contribution in [0.25, 0.3) is 0 Å². The van der Waals surface area contributed by atoms with E-state index >= 15 is 0 Å². The first-order valence-electron chi connectivity index (χ1n) is 4.27. The van der Waals surface area contributed by atoms with Crippen LogP contribution >= 0.6 is 0 Å². The topological polar surface area (TPSA) is 26.0 Å². The molecule has 0 heterocycles. The van der Waals surface area contributed by atoms with E-state index in [1.165, 1.54) is 32.1 Å². The molecule has 0 aliphatic heterocycles. The van der Waals surface area contributed by atoms with Crippen LogP contribution < -0.4 is 5.73 Å². The van der Waals surface area contributed by atoms with Gasteiger partial charge in [0, 0.05) is 6.54 Å². The predicted octanol–water partition coefficient (Wildman–Crippen LogP) is 2.47. The van der Waals surface area contributed by atoms with Crippen LogP contribution in [0, 0.1) is 0 Å². The normalized spacial score (nSPS) is 11.0. The van der Waals surface area contributed by atoms with Gasteiger partial charge in [-0.1, -0.05) is 38.3 Å². The fourth-order valence-electron chi connectivity index (χ4n) is 0.903. The van der Waals surface area contributed by atoms with Gasteiger partial charge in [0.15, 0.2) is 0 Å². The molecular formula is C9H19N. The number of nitrogens with two attached hydrogens (primary N) is 1. The minimum atomic E-state index is 0.688. The summed E-state index contributed by atoms with van der Waals surface area (Å²) in [6, 6.07) is 0. The molecule has 0 amide bonds. The number of allylic oxidation sites excluding steroid dienone is 1. The van der Waals surface area contributed by atoms with Crippen LogP contribution in [0.5, 0.6) is 0 Å². The molecule has 0 radical (unpaired) electrons. The van der Waals surface area contributed by atoms with E-state index in [-0.39, 0.29) is 0 Å². The standard InChI is InChI=1S/C9H19N/c1-2-3-4-5-6-7-8-9-10/h7-8H,2-6,9-10H2,1H3. The highest BCUT2D eigenvalue weighted by Crippen LogP contribution is 2.02. The second-order valence-corrected chi connectivity index (χ2v) is 2.56. The summed E-state index contributed by atoms with van der Waals surface area (Å²) in [6.45, 7) is 2.92. The van der Waals surface area contributed by atoms with Crippen LogP contribution in [-0.2, 0) is 0 Å². The summed E-state index contributed by atoms with van der Waals surface area (Å²) in [4.78, 5) is 0. The van der Waals surface area contributed by atoms with Crippen molar-refractivity contribution in [2.45, 2.75) is 39.0 Å². The lowest BCUT2D eigenvalue weighted by atomic mass is 10.1. The lowest BCUT2D eigenvalue weighted by Crippen LogP contribution is -1.91. The van der Waals surface area contributed by atoms with E-state index in [4.69, 9.17) is 5.73 Å². The molecule has 0 aliphatic rings. The molecule has 0 unspecified atom stereocenters. The Morgan fingerprint density at radius 1 is 1.10 bits per heavy atom. The first kappa shape index (κ1) is 9.70. The number of hydrogen-bond acceptors (Lipinski definition) is 1. The average Bonchev–Trinajstić information content (AvgIpc) is 1.97. The van der Waals surface area contributed by atoms with Crippen LogP contribution in [0.4, 0.5) is 0 Å². The van der Waals surface area contributed by atoms with Gasteiger partial charge < -0.3 is 5.73 Å². The van der Waals surface area contributed by atoms with E-state index in [0.29, 0.717) is 6.54 Å². The van der Waals surface area contributed by atoms with Crippen LogP contribution in [0.1, 0.15) is 39.0 Å². The molecule has 0 aliphatic carbocycles. The van der Waals surface area contributed by atoms with Crippen molar-refractivity contribution in [1.82, 2.24) is 0 Å². The molecule has 0 aromatic rings. The summed E-state index contributed by atoms with van der Waals surface area (Å²) in [6.07, 6.45) is 10.8. The first-order chi connectivity index (χ1) is 4.91. The van der Waals surface area contributed by atoms with Gasteiger partial charge in [-0.25, -0.2) is 0 Å². The second-order valence-electron chi connectivity index (χ2n) is 2.56. The van der Waals surface area contributed by atoms with Crippen LogP contribution in [0.15, 0.2) is 12.2 Å². The van der Waals surface area contributed by atoms with Crippen LogP contribution in [-0.4, -0.2) is 6.54 Å². The van der Waals surface area contributed by atoms with E-state index in [1.807, 2.05) is 6.08 Å². The zero-order valence-corrected chi connectivity index (χ0v) is 6.97. The highest BCUT2D eigenvalue weighted by molar-refractivity contribution is 4.81. The van der Waals surface area contributed by atoms with Crippen molar-refractivity contribution in [3.63, 3.8) is 0 Å². The molecule has 60 valence electrons. The summed E-state index contributed by atoms with van der Waals surface area (Å²) in [5.41, 5.74) is 5.28. The van der Waals surface area contributed by atoms with Crippen molar-refractivity contribution in [2.75, 3.05) is 6.54 Å². The van der Waals surface area contributed by atoms with E-state index in [2.05, 4.69) is 13.0 Å². The van der Waals surface area contributed by atoms with Gasteiger partial charge in [0.1, 0.15) is 0 Å². The summed E-state index contributed by atoms with van der Waals surface area (Å²) in [7, 11) is 0. The highest BCUT2D eigenvalue weighted by atomic mass is 14.5. The van der Waals surface area contributed by atoms with E-state index in [1.54, 1.807) is 0 Å². The predicted molar refractivity (Wildman–Crippen MR) is 47.0 cm³/mol. The maximum atomic E-state index is 5.28. The number of rotatable bonds is 6. The van der Waals surface area contributed by atoms with Gasteiger partial charge in [-0.2, -0.15) is 0 Å². The molecule has 0 bridgehead atoms. The Morgan fingerprint density at radius 2 is 1.90 bits per heavy atom. The molecule has 0 aromatic carbocycles. The molecule has 10 heavy (non-hydrogen) atoms. The van der Waals surface area contributed by atoms with Crippen molar-refractivity contribution < 1.29 is 0 Å². The monoisotopic (exact) mass is 141 g/mol. The third-order valence-electron chi connectivity index (χ3n) is 1.53.